The number of anilines is 1. The molecule has 26 heavy (non-hydrogen) atoms. The minimum absolute atomic E-state index is 0. The van der Waals surface area contributed by atoms with Gasteiger partial charge in [0.2, 0.25) is 5.91 Å². The summed E-state index contributed by atoms with van der Waals surface area (Å²) in [5.41, 5.74) is 6.91. The third kappa shape index (κ3) is 6.50. The number of piperidine rings is 1. The van der Waals surface area contributed by atoms with Crippen LogP contribution in [0.25, 0.3) is 0 Å². The van der Waals surface area contributed by atoms with Gasteiger partial charge in [0.1, 0.15) is 0 Å². The highest BCUT2D eigenvalue weighted by Crippen LogP contribution is 2.21. The fourth-order valence-electron chi connectivity index (χ4n) is 2.95. The first kappa shape index (κ1) is 22.3. The van der Waals surface area contributed by atoms with Crippen LogP contribution < -0.4 is 11.1 Å². The molecule has 1 aliphatic rings. The monoisotopic (exact) mass is 383 g/mol. The van der Waals surface area contributed by atoms with E-state index in [1.165, 1.54) is 0 Å². The molecule has 2 amide bonds. The van der Waals surface area contributed by atoms with Gasteiger partial charge in [0, 0.05) is 37.8 Å². The van der Waals surface area contributed by atoms with Crippen LogP contribution in [0.4, 0.5) is 5.69 Å². The first-order valence-electron chi connectivity index (χ1n) is 9.02. The number of halogens is 1. The first-order chi connectivity index (χ1) is 12.0. The van der Waals surface area contributed by atoms with Gasteiger partial charge < -0.3 is 20.7 Å². The summed E-state index contributed by atoms with van der Waals surface area (Å²) in [5, 5.41) is 2.97. The number of carbonyl (C=O) groups is 2. The molecular weight excluding hydrogens is 354 g/mol. The fourth-order valence-corrected chi connectivity index (χ4v) is 2.95. The Morgan fingerprint density at radius 2 is 1.92 bits per heavy atom. The maximum absolute atomic E-state index is 12.5. The van der Waals surface area contributed by atoms with E-state index < -0.39 is 0 Å². The molecule has 0 radical (unpaired) electrons. The molecule has 1 aromatic rings. The van der Waals surface area contributed by atoms with Crippen LogP contribution in [0.2, 0.25) is 0 Å². The molecule has 2 rings (SSSR count). The summed E-state index contributed by atoms with van der Waals surface area (Å²) in [6.07, 6.45) is 2.41. The minimum Gasteiger partial charge on any atom is -0.398 e. The lowest BCUT2D eigenvalue weighted by atomic mass is 9.95. The molecule has 0 bridgehead atoms. The van der Waals surface area contributed by atoms with Crippen LogP contribution in [0, 0.1) is 5.92 Å². The molecule has 1 saturated heterocycles. The summed E-state index contributed by atoms with van der Waals surface area (Å²) in [6, 6.07) is 7.10. The van der Waals surface area contributed by atoms with Crippen LogP contribution >= 0.6 is 12.4 Å². The van der Waals surface area contributed by atoms with E-state index in [4.69, 9.17) is 10.5 Å². The summed E-state index contributed by atoms with van der Waals surface area (Å²) < 4.78 is 5.46. The van der Waals surface area contributed by atoms with Gasteiger partial charge in [0.15, 0.2) is 0 Å². The molecule has 1 aromatic carbocycles. The number of amides is 2. The summed E-state index contributed by atoms with van der Waals surface area (Å²) >= 11 is 0. The number of ether oxygens (including phenoxy) is 1. The third-order valence-corrected chi connectivity index (χ3v) is 4.42. The predicted octanol–water partition coefficient (Wildman–Crippen LogP) is 2.47. The van der Waals surface area contributed by atoms with Crippen LogP contribution in [0.3, 0.4) is 0 Å². The SMILES string of the molecule is CC(C)OCCCNC(=O)C1CCN(C(=O)c2ccccc2N)CC1.Cl. The van der Waals surface area contributed by atoms with Crippen molar-refractivity contribution < 1.29 is 14.3 Å². The Labute approximate surface area is 161 Å². The van der Waals surface area contributed by atoms with Crippen LogP contribution in [0.1, 0.15) is 43.5 Å². The quantitative estimate of drug-likeness (QED) is 0.559. The van der Waals surface area contributed by atoms with Gasteiger partial charge in [-0.15, -0.1) is 12.4 Å². The van der Waals surface area contributed by atoms with Crippen molar-refractivity contribution in [3.63, 3.8) is 0 Å². The van der Waals surface area contributed by atoms with Crippen molar-refractivity contribution in [3.05, 3.63) is 29.8 Å². The standard InChI is InChI=1S/C19H29N3O3.ClH/c1-14(2)25-13-5-10-21-18(23)15-8-11-22(12-9-15)19(24)16-6-3-4-7-17(16)20;/h3-4,6-7,14-15H,5,8-13,20H2,1-2H3,(H,21,23);1H. The van der Waals surface area contributed by atoms with Gasteiger partial charge in [0.05, 0.1) is 11.7 Å². The first-order valence-corrected chi connectivity index (χ1v) is 9.02. The van der Waals surface area contributed by atoms with Gasteiger partial charge in [-0.3, -0.25) is 9.59 Å². The van der Waals surface area contributed by atoms with E-state index in [1.807, 2.05) is 26.0 Å². The average Bonchev–Trinajstić information content (AvgIpc) is 2.61. The summed E-state index contributed by atoms with van der Waals surface area (Å²) in [4.78, 5) is 26.5. The van der Waals surface area contributed by atoms with E-state index in [2.05, 4.69) is 5.32 Å². The third-order valence-electron chi connectivity index (χ3n) is 4.42. The van der Waals surface area contributed by atoms with Crippen molar-refractivity contribution in [1.82, 2.24) is 10.2 Å². The highest BCUT2D eigenvalue weighted by atomic mass is 35.5. The fraction of sp³-hybridized carbons (Fsp3) is 0.579. The van der Waals surface area contributed by atoms with E-state index in [0.29, 0.717) is 50.3 Å². The van der Waals surface area contributed by atoms with E-state index in [0.717, 1.165) is 6.42 Å². The molecule has 146 valence electrons. The second-order valence-corrected chi connectivity index (χ2v) is 6.72. The van der Waals surface area contributed by atoms with Gasteiger partial charge in [-0.1, -0.05) is 12.1 Å². The lowest BCUT2D eigenvalue weighted by Gasteiger charge is -2.31. The number of nitrogens with two attached hydrogens (primary N) is 1. The molecule has 7 heteroatoms. The second kappa shape index (κ2) is 11.0. The number of nitrogens with one attached hydrogen (secondary N) is 1. The minimum atomic E-state index is -0.0530. The van der Waals surface area contributed by atoms with Crippen LogP contribution in [0.15, 0.2) is 24.3 Å². The number of hydrogen-bond acceptors (Lipinski definition) is 4. The smallest absolute Gasteiger partial charge is 0.255 e. The molecule has 6 nitrogen and oxygen atoms in total. The van der Waals surface area contributed by atoms with Gasteiger partial charge in [-0.05, 0) is 45.2 Å². The maximum Gasteiger partial charge on any atom is 0.255 e. The molecule has 0 spiro atoms. The normalized spacial score (nSPS) is 14.8. The Bertz CT molecular complexity index is 587. The Morgan fingerprint density at radius 3 is 2.54 bits per heavy atom. The zero-order valence-corrected chi connectivity index (χ0v) is 16.4. The lowest BCUT2D eigenvalue weighted by molar-refractivity contribution is -0.126. The maximum atomic E-state index is 12.5. The number of nitrogens with zero attached hydrogens (tertiary/aromatic N) is 1. The van der Waals surface area contributed by atoms with E-state index in [1.54, 1.807) is 17.0 Å². The summed E-state index contributed by atoms with van der Waals surface area (Å²) in [7, 11) is 0. The molecule has 1 fully saturated rings. The van der Waals surface area contributed by atoms with E-state index in [-0.39, 0.29) is 36.2 Å². The number of benzene rings is 1. The van der Waals surface area contributed by atoms with Crippen LogP contribution in [-0.4, -0.2) is 49.1 Å². The number of rotatable bonds is 7. The molecule has 1 heterocycles. The number of para-hydroxylation sites is 1. The number of hydrogen-bond donors (Lipinski definition) is 2. The lowest BCUT2D eigenvalue weighted by Crippen LogP contribution is -2.43. The second-order valence-electron chi connectivity index (χ2n) is 6.72. The number of nitrogen functional groups attached to an aromatic ring is 1. The van der Waals surface area contributed by atoms with Crippen molar-refractivity contribution in [2.75, 3.05) is 32.0 Å². The number of likely N-dealkylation sites (tertiary alicyclic amines) is 1. The molecular formula is C19H30ClN3O3. The Kier molecular flexibility index (Phi) is 9.44. The van der Waals surface area contributed by atoms with Crippen molar-refractivity contribution in [2.45, 2.75) is 39.2 Å². The van der Waals surface area contributed by atoms with Gasteiger partial charge in [0.25, 0.3) is 5.91 Å². The highest BCUT2D eigenvalue weighted by molar-refractivity contribution is 5.99. The topological polar surface area (TPSA) is 84.7 Å². The Morgan fingerprint density at radius 1 is 1.27 bits per heavy atom. The molecule has 3 N–H and O–H groups in total. The van der Waals surface area contributed by atoms with Crippen molar-refractivity contribution >= 4 is 29.9 Å². The summed E-state index contributed by atoms with van der Waals surface area (Å²) in [6.45, 7) is 6.45. The summed E-state index contributed by atoms with van der Waals surface area (Å²) in [5.74, 6) is 0.00171. The molecule has 0 atom stereocenters. The van der Waals surface area contributed by atoms with Crippen molar-refractivity contribution in [2.24, 2.45) is 5.92 Å². The highest BCUT2D eigenvalue weighted by Gasteiger charge is 2.28. The van der Waals surface area contributed by atoms with E-state index in [9.17, 15) is 9.59 Å². The van der Waals surface area contributed by atoms with Crippen LogP contribution in [-0.2, 0) is 9.53 Å². The Balaban J connectivity index is 0.00000338. The van der Waals surface area contributed by atoms with Crippen LogP contribution in [0.5, 0.6) is 0 Å². The van der Waals surface area contributed by atoms with E-state index >= 15 is 0 Å². The molecule has 0 aromatic heterocycles. The molecule has 0 unspecified atom stereocenters. The van der Waals surface area contributed by atoms with Gasteiger partial charge in [-0.2, -0.15) is 0 Å². The molecule has 0 aliphatic carbocycles. The largest absolute Gasteiger partial charge is 0.398 e. The zero-order chi connectivity index (χ0) is 18.2. The van der Waals surface area contributed by atoms with Gasteiger partial charge in [-0.25, -0.2) is 0 Å². The zero-order valence-electron chi connectivity index (χ0n) is 15.6. The van der Waals surface area contributed by atoms with Crippen molar-refractivity contribution in [3.8, 4) is 0 Å². The van der Waals surface area contributed by atoms with Crippen molar-refractivity contribution in [1.29, 1.82) is 0 Å². The number of carbonyl (C=O) groups excluding carboxylic acids is 2. The average molecular weight is 384 g/mol. The predicted molar refractivity (Wildman–Crippen MR) is 105 cm³/mol. The van der Waals surface area contributed by atoms with Gasteiger partial charge >= 0.3 is 0 Å². The molecule has 1 aliphatic heterocycles. The Hall–Kier alpha value is -1.79. The molecule has 0 saturated carbocycles.